The fraction of sp³-hybridized carbons (Fsp3) is 0.208. The molecule has 3 aromatic rings. The minimum absolute atomic E-state index is 0.0522. The molecule has 32 heavy (non-hydrogen) atoms. The standard InChI is InChI=1S/C24H22BrN3O2S2/c1-4-15(2)28-23(29)21(32-24(28)31)13-17-14-27(18-8-6-5-7-9-18)26-22(17)16-10-11-20(30-3)19(25)12-16/h5-15H,4H2,1-3H3/b21-13-/t15-/m0/s1. The van der Waals surface area contributed by atoms with E-state index < -0.39 is 0 Å². The molecule has 0 N–H and O–H groups in total. The van der Waals surface area contributed by atoms with Gasteiger partial charge in [0, 0.05) is 23.4 Å². The van der Waals surface area contributed by atoms with E-state index in [9.17, 15) is 4.79 Å². The van der Waals surface area contributed by atoms with Gasteiger partial charge in [0.2, 0.25) is 0 Å². The molecule has 1 aliphatic rings. The van der Waals surface area contributed by atoms with Crippen molar-refractivity contribution in [1.29, 1.82) is 0 Å². The van der Waals surface area contributed by atoms with Crippen LogP contribution in [-0.4, -0.2) is 38.1 Å². The van der Waals surface area contributed by atoms with Crippen LogP contribution < -0.4 is 4.74 Å². The zero-order chi connectivity index (χ0) is 22.8. The van der Waals surface area contributed by atoms with Gasteiger partial charge >= 0.3 is 0 Å². The lowest BCUT2D eigenvalue weighted by molar-refractivity contribution is -0.123. The number of ether oxygens (including phenoxy) is 1. The summed E-state index contributed by atoms with van der Waals surface area (Å²) in [7, 11) is 1.63. The maximum absolute atomic E-state index is 13.1. The molecule has 1 aromatic heterocycles. The first-order valence-electron chi connectivity index (χ1n) is 10.2. The van der Waals surface area contributed by atoms with E-state index in [1.165, 1.54) is 11.8 Å². The van der Waals surface area contributed by atoms with Crippen molar-refractivity contribution < 1.29 is 9.53 Å². The molecule has 0 radical (unpaired) electrons. The fourth-order valence-corrected chi connectivity index (χ4v) is 5.42. The second kappa shape index (κ2) is 9.60. The third-order valence-corrected chi connectivity index (χ3v) is 7.28. The summed E-state index contributed by atoms with van der Waals surface area (Å²) in [6.07, 6.45) is 4.68. The maximum Gasteiger partial charge on any atom is 0.266 e. The second-order valence-electron chi connectivity index (χ2n) is 7.37. The Kier molecular flexibility index (Phi) is 6.83. The Morgan fingerprint density at radius 3 is 2.66 bits per heavy atom. The number of halogens is 1. The number of benzene rings is 2. The number of aromatic nitrogens is 2. The molecule has 1 saturated heterocycles. The Hall–Kier alpha value is -2.42. The predicted octanol–water partition coefficient (Wildman–Crippen LogP) is 6.31. The minimum atomic E-state index is -0.0522. The average molecular weight is 528 g/mol. The molecule has 0 bridgehead atoms. The molecular formula is C24H22BrN3O2S2. The molecule has 1 fully saturated rings. The van der Waals surface area contributed by atoms with Gasteiger partial charge in [0.15, 0.2) is 0 Å². The number of hydrogen-bond donors (Lipinski definition) is 0. The normalized spacial score (nSPS) is 16.1. The van der Waals surface area contributed by atoms with Crippen molar-refractivity contribution in [2.24, 2.45) is 0 Å². The Bertz CT molecular complexity index is 1210. The highest BCUT2D eigenvalue weighted by molar-refractivity contribution is 9.10. The summed E-state index contributed by atoms with van der Waals surface area (Å²) in [6.45, 7) is 4.07. The van der Waals surface area contributed by atoms with Crippen molar-refractivity contribution >= 4 is 56.2 Å². The Balaban J connectivity index is 1.81. The summed E-state index contributed by atoms with van der Waals surface area (Å²) >= 11 is 10.4. The molecule has 4 rings (SSSR count). The van der Waals surface area contributed by atoms with Crippen molar-refractivity contribution in [1.82, 2.24) is 14.7 Å². The fourth-order valence-electron chi connectivity index (χ4n) is 3.43. The van der Waals surface area contributed by atoms with Gasteiger partial charge in [-0.2, -0.15) is 5.10 Å². The molecule has 5 nitrogen and oxygen atoms in total. The van der Waals surface area contributed by atoms with Crippen LogP contribution in [0.2, 0.25) is 0 Å². The summed E-state index contributed by atoms with van der Waals surface area (Å²) in [6, 6.07) is 15.8. The average Bonchev–Trinajstić information content (AvgIpc) is 3.34. The SMILES string of the molecule is CC[C@H](C)N1C(=O)/C(=C/c2cn(-c3ccccc3)nc2-c2ccc(OC)c(Br)c2)SC1=S. The number of amides is 1. The monoisotopic (exact) mass is 527 g/mol. The van der Waals surface area contributed by atoms with Gasteiger partial charge in [0.1, 0.15) is 15.8 Å². The van der Waals surface area contributed by atoms with Crippen LogP contribution in [-0.2, 0) is 4.79 Å². The van der Waals surface area contributed by atoms with Crippen LogP contribution in [0.25, 0.3) is 23.0 Å². The van der Waals surface area contributed by atoms with Gasteiger partial charge < -0.3 is 4.74 Å². The number of hydrogen-bond acceptors (Lipinski definition) is 5. The quantitative estimate of drug-likeness (QED) is 0.277. The largest absolute Gasteiger partial charge is 0.496 e. The highest BCUT2D eigenvalue weighted by Gasteiger charge is 2.35. The van der Waals surface area contributed by atoms with Gasteiger partial charge in [0.05, 0.1) is 22.2 Å². The first-order valence-corrected chi connectivity index (χ1v) is 12.2. The van der Waals surface area contributed by atoms with Gasteiger partial charge in [-0.1, -0.05) is 49.1 Å². The second-order valence-corrected chi connectivity index (χ2v) is 9.90. The molecule has 8 heteroatoms. The summed E-state index contributed by atoms with van der Waals surface area (Å²) in [5.41, 5.74) is 3.46. The third-order valence-electron chi connectivity index (χ3n) is 5.33. The van der Waals surface area contributed by atoms with E-state index >= 15 is 0 Å². The predicted molar refractivity (Wildman–Crippen MR) is 138 cm³/mol. The highest BCUT2D eigenvalue weighted by atomic mass is 79.9. The molecule has 0 aliphatic carbocycles. The van der Waals surface area contributed by atoms with E-state index in [-0.39, 0.29) is 11.9 Å². The lowest BCUT2D eigenvalue weighted by Crippen LogP contribution is -2.36. The number of thioether (sulfide) groups is 1. The maximum atomic E-state index is 13.1. The van der Waals surface area contributed by atoms with E-state index in [0.29, 0.717) is 9.23 Å². The van der Waals surface area contributed by atoms with E-state index in [0.717, 1.165) is 39.2 Å². The van der Waals surface area contributed by atoms with E-state index in [4.69, 9.17) is 22.1 Å². The number of rotatable bonds is 6. The molecule has 1 aliphatic heterocycles. The molecule has 2 heterocycles. The van der Waals surface area contributed by atoms with Crippen LogP contribution in [0.15, 0.2) is 64.1 Å². The van der Waals surface area contributed by atoms with Gasteiger partial charge in [-0.25, -0.2) is 4.68 Å². The number of carbonyl (C=O) groups excluding carboxylic acids is 1. The van der Waals surface area contributed by atoms with E-state index in [1.807, 2.05) is 72.4 Å². The summed E-state index contributed by atoms with van der Waals surface area (Å²) < 4.78 is 8.63. The van der Waals surface area contributed by atoms with E-state index in [1.54, 1.807) is 12.0 Å². The smallest absolute Gasteiger partial charge is 0.266 e. The van der Waals surface area contributed by atoms with Crippen LogP contribution in [0, 0.1) is 0 Å². The summed E-state index contributed by atoms with van der Waals surface area (Å²) in [4.78, 5) is 15.4. The van der Waals surface area contributed by atoms with Gasteiger partial charge in [-0.15, -0.1) is 0 Å². The van der Waals surface area contributed by atoms with Gasteiger partial charge in [-0.3, -0.25) is 9.69 Å². The van der Waals surface area contributed by atoms with Crippen molar-refractivity contribution in [2.75, 3.05) is 7.11 Å². The summed E-state index contributed by atoms with van der Waals surface area (Å²) in [5.74, 6) is 0.691. The summed E-state index contributed by atoms with van der Waals surface area (Å²) in [5, 5.41) is 4.85. The van der Waals surface area contributed by atoms with Crippen molar-refractivity contribution in [2.45, 2.75) is 26.3 Å². The van der Waals surface area contributed by atoms with Crippen molar-refractivity contribution in [3.05, 3.63) is 69.7 Å². The number of carbonyl (C=O) groups is 1. The first-order chi connectivity index (χ1) is 15.4. The minimum Gasteiger partial charge on any atom is -0.496 e. The molecule has 2 aromatic carbocycles. The van der Waals surface area contributed by atoms with Gasteiger partial charge in [0.25, 0.3) is 5.91 Å². The van der Waals surface area contributed by atoms with Gasteiger partial charge in [-0.05, 0) is 65.7 Å². The Morgan fingerprint density at radius 1 is 1.25 bits per heavy atom. The zero-order valence-corrected chi connectivity index (χ0v) is 21.1. The number of nitrogens with zero attached hydrogens (tertiary/aromatic N) is 3. The Morgan fingerprint density at radius 2 is 2.00 bits per heavy atom. The first kappa shape index (κ1) is 22.8. The third kappa shape index (κ3) is 4.40. The molecule has 0 spiro atoms. The molecule has 0 unspecified atom stereocenters. The van der Waals surface area contributed by atoms with Crippen LogP contribution in [0.1, 0.15) is 25.8 Å². The molecule has 1 atom stereocenters. The molecule has 164 valence electrons. The zero-order valence-electron chi connectivity index (χ0n) is 17.9. The van der Waals surface area contributed by atoms with Crippen molar-refractivity contribution in [3.63, 3.8) is 0 Å². The molecule has 0 saturated carbocycles. The Labute approximate surface area is 205 Å². The van der Waals surface area contributed by atoms with E-state index in [2.05, 4.69) is 22.9 Å². The topological polar surface area (TPSA) is 47.4 Å². The lowest BCUT2D eigenvalue weighted by atomic mass is 10.1. The molecule has 1 amide bonds. The lowest BCUT2D eigenvalue weighted by Gasteiger charge is -2.21. The van der Waals surface area contributed by atoms with Crippen molar-refractivity contribution in [3.8, 4) is 22.7 Å². The van der Waals surface area contributed by atoms with Crippen LogP contribution in [0.5, 0.6) is 5.75 Å². The van der Waals surface area contributed by atoms with Crippen LogP contribution >= 0.6 is 39.9 Å². The highest BCUT2D eigenvalue weighted by Crippen LogP contribution is 2.37. The number of para-hydroxylation sites is 1. The number of methoxy groups -OCH3 is 1. The van der Waals surface area contributed by atoms with Crippen LogP contribution in [0.3, 0.4) is 0 Å². The van der Waals surface area contributed by atoms with Crippen LogP contribution in [0.4, 0.5) is 0 Å². The number of thiocarbonyl (C=S) groups is 1. The molecular weight excluding hydrogens is 506 g/mol.